The number of hydrogen-bond donors (Lipinski definition) is 2. The number of sulfonamides is 1. The highest BCUT2D eigenvalue weighted by Gasteiger charge is 2.53. The maximum atomic E-state index is 12.2. The minimum atomic E-state index is -3.31. The van der Waals surface area contributed by atoms with Gasteiger partial charge in [-0.1, -0.05) is 30.4 Å². The average Bonchev–Trinajstić information content (AvgIpc) is 3.28. The van der Waals surface area contributed by atoms with Crippen molar-refractivity contribution < 1.29 is 8.42 Å². The van der Waals surface area contributed by atoms with Crippen LogP contribution in [-0.4, -0.2) is 20.0 Å². The number of nitrogens with two attached hydrogens (primary N) is 1. The number of hydrogen-bond acceptors (Lipinski definition) is 3. The molecule has 6 heteroatoms. The highest BCUT2D eigenvalue weighted by Crippen LogP contribution is 2.60. The first-order chi connectivity index (χ1) is 9.90. The topological polar surface area (TPSA) is 72.2 Å². The summed E-state index contributed by atoms with van der Waals surface area (Å²) in [5.41, 5.74) is 7.26. The van der Waals surface area contributed by atoms with Crippen molar-refractivity contribution in [3.63, 3.8) is 0 Å². The molecule has 0 atom stereocenters. The molecule has 3 rings (SSSR count). The van der Waals surface area contributed by atoms with Crippen molar-refractivity contribution in [2.24, 2.45) is 17.1 Å². The summed E-state index contributed by atoms with van der Waals surface area (Å²) >= 11 is 4.92. The lowest BCUT2D eigenvalue weighted by Crippen LogP contribution is -2.32. The van der Waals surface area contributed by atoms with Crippen molar-refractivity contribution in [2.45, 2.75) is 31.4 Å². The molecule has 0 saturated heterocycles. The fourth-order valence-corrected chi connectivity index (χ4v) is 4.28. The molecule has 1 aromatic carbocycles. The van der Waals surface area contributed by atoms with Crippen LogP contribution >= 0.6 is 12.2 Å². The van der Waals surface area contributed by atoms with E-state index in [1.807, 2.05) is 0 Å². The predicted octanol–water partition coefficient (Wildman–Crippen LogP) is 1.93. The second-order valence-corrected chi connectivity index (χ2v) is 8.53. The molecule has 1 aromatic rings. The van der Waals surface area contributed by atoms with E-state index in [4.69, 9.17) is 18.0 Å². The molecule has 2 saturated carbocycles. The molecule has 4 nitrogen and oxygen atoms in total. The predicted molar refractivity (Wildman–Crippen MR) is 87.3 cm³/mol. The van der Waals surface area contributed by atoms with Gasteiger partial charge in [0.15, 0.2) is 0 Å². The summed E-state index contributed by atoms with van der Waals surface area (Å²) < 4.78 is 27.2. The molecule has 0 spiro atoms. The van der Waals surface area contributed by atoms with Crippen molar-refractivity contribution in [3.8, 4) is 0 Å². The molecular weight excluding hydrogens is 304 g/mol. The van der Waals surface area contributed by atoms with Crippen LogP contribution in [0.5, 0.6) is 0 Å². The van der Waals surface area contributed by atoms with E-state index < -0.39 is 10.0 Å². The van der Waals surface area contributed by atoms with E-state index in [2.05, 4.69) is 4.72 Å². The Labute approximate surface area is 131 Å². The highest BCUT2D eigenvalue weighted by molar-refractivity contribution is 7.88. The van der Waals surface area contributed by atoms with Crippen LogP contribution in [0.15, 0.2) is 24.3 Å². The third kappa shape index (κ3) is 3.62. The Kier molecular flexibility index (Phi) is 3.80. The largest absolute Gasteiger partial charge is 0.389 e. The maximum absolute atomic E-state index is 12.2. The lowest BCUT2D eigenvalue weighted by molar-refractivity contribution is 0.431. The molecule has 2 aliphatic rings. The fraction of sp³-hybridized carbons (Fsp3) is 0.533. The molecule has 3 N–H and O–H groups in total. The molecular formula is C15H20N2O2S2. The Hall–Kier alpha value is -0.980. The van der Waals surface area contributed by atoms with Crippen LogP contribution < -0.4 is 10.5 Å². The molecule has 0 radical (unpaired) electrons. The van der Waals surface area contributed by atoms with Gasteiger partial charge >= 0.3 is 0 Å². The van der Waals surface area contributed by atoms with Gasteiger partial charge in [-0.2, -0.15) is 0 Å². The van der Waals surface area contributed by atoms with Gasteiger partial charge in [0.05, 0.1) is 5.75 Å². The molecule has 0 bridgehead atoms. The molecule has 0 unspecified atom stereocenters. The van der Waals surface area contributed by atoms with Crippen molar-refractivity contribution in [3.05, 3.63) is 35.4 Å². The van der Waals surface area contributed by atoms with E-state index in [1.165, 1.54) is 12.8 Å². The average molecular weight is 324 g/mol. The van der Waals surface area contributed by atoms with Gasteiger partial charge in [0.25, 0.3) is 0 Å². The summed E-state index contributed by atoms with van der Waals surface area (Å²) in [6.07, 6.45) is 4.85. The summed E-state index contributed by atoms with van der Waals surface area (Å²) in [7, 11) is -3.31. The van der Waals surface area contributed by atoms with E-state index in [-0.39, 0.29) is 16.2 Å². The van der Waals surface area contributed by atoms with E-state index in [0.29, 0.717) is 17.7 Å². The number of nitrogens with one attached hydrogen (secondary N) is 1. The van der Waals surface area contributed by atoms with Gasteiger partial charge in [0.2, 0.25) is 10.0 Å². The van der Waals surface area contributed by atoms with Gasteiger partial charge in [-0.15, -0.1) is 0 Å². The SMILES string of the molecule is NC(=S)c1cccc(CS(=O)(=O)NCC2(C3CC3)CC2)c1. The number of benzene rings is 1. The van der Waals surface area contributed by atoms with Gasteiger partial charge in [-0.3, -0.25) is 0 Å². The Bertz CT molecular complexity index is 662. The Morgan fingerprint density at radius 2 is 2.10 bits per heavy atom. The van der Waals surface area contributed by atoms with Crippen LogP contribution in [-0.2, 0) is 15.8 Å². The lowest BCUT2D eigenvalue weighted by Gasteiger charge is -2.15. The smallest absolute Gasteiger partial charge is 0.215 e. The molecule has 0 aliphatic heterocycles. The molecule has 2 aliphatic carbocycles. The zero-order valence-corrected chi connectivity index (χ0v) is 13.5. The van der Waals surface area contributed by atoms with Crippen molar-refractivity contribution >= 4 is 27.2 Å². The van der Waals surface area contributed by atoms with Crippen molar-refractivity contribution in [1.82, 2.24) is 4.72 Å². The van der Waals surface area contributed by atoms with Gasteiger partial charge in [0.1, 0.15) is 4.99 Å². The van der Waals surface area contributed by atoms with E-state index in [1.54, 1.807) is 24.3 Å². The van der Waals surface area contributed by atoms with Crippen LogP contribution in [0.3, 0.4) is 0 Å². The second kappa shape index (κ2) is 5.34. The highest BCUT2D eigenvalue weighted by atomic mass is 32.2. The zero-order chi connectivity index (χ0) is 15.1. The minimum absolute atomic E-state index is 0.0236. The first-order valence-corrected chi connectivity index (χ1v) is 9.32. The summed E-state index contributed by atoms with van der Waals surface area (Å²) in [6, 6.07) is 7.11. The van der Waals surface area contributed by atoms with Crippen LogP contribution in [0.25, 0.3) is 0 Å². The Morgan fingerprint density at radius 3 is 2.67 bits per heavy atom. The van der Waals surface area contributed by atoms with Gasteiger partial charge < -0.3 is 5.73 Å². The number of thiocarbonyl (C=S) groups is 1. The second-order valence-electron chi connectivity index (χ2n) is 6.28. The summed E-state index contributed by atoms with van der Waals surface area (Å²) in [4.78, 5) is 0.285. The van der Waals surface area contributed by atoms with Crippen LogP contribution in [0.4, 0.5) is 0 Å². The molecule has 0 aromatic heterocycles. The number of rotatable bonds is 7. The lowest BCUT2D eigenvalue weighted by atomic mass is 10.0. The van der Waals surface area contributed by atoms with E-state index in [0.717, 1.165) is 18.8 Å². The van der Waals surface area contributed by atoms with E-state index >= 15 is 0 Å². The van der Waals surface area contributed by atoms with Crippen molar-refractivity contribution in [2.75, 3.05) is 6.54 Å². The first-order valence-electron chi connectivity index (χ1n) is 7.26. The van der Waals surface area contributed by atoms with E-state index in [9.17, 15) is 8.42 Å². The minimum Gasteiger partial charge on any atom is -0.389 e. The van der Waals surface area contributed by atoms with Gasteiger partial charge in [-0.25, -0.2) is 13.1 Å². The third-order valence-electron chi connectivity index (χ3n) is 4.55. The quantitative estimate of drug-likeness (QED) is 0.752. The zero-order valence-electron chi connectivity index (χ0n) is 11.8. The summed E-state index contributed by atoms with van der Waals surface area (Å²) in [6.45, 7) is 0.592. The summed E-state index contributed by atoms with van der Waals surface area (Å²) in [5.74, 6) is 0.725. The van der Waals surface area contributed by atoms with Crippen LogP contribution in [0, 0.1) is 11.3 Å². The van der Waals surface area contributed by atoms with Crippen LogP contribution in [0.2, 0.25) is 0 Å². The molecule has 2 fully saturated rings. The first kappa shape index (κ1) is 14.9. The van der Waals surface area contributed by atoms with Crippen LogP contribution in [0.1, 0.15) is 36.8 Å². The Morgan fingerprint density at radius 1 is 1.38 bits per heavy atom. The monoisotopic (exact) mass is 324 g/mol. The Balaban J connectivity index is 1.63. The third-order valence-corrected chi connectivity index (χ3v) is 6.08. The van der Waals surface area contributed by atoms with Gasteiger partial charge in [-0.05, 0) is 48.6 Å². The molecule has 21 heavy (non-hydrogen) atoms. The van der Waals surface area contributed by atoms with Gasteiger partial charge in [0, 0.05) is 12.1 Å². The molecule has 0 heterocycles. The molecule has 114 valence electrons. The molecule has 0 amide bonds. The standard InChI is InChI=1S/C15H20N2O2S2/c16-14(20)12-3-1-2-11(8-12)9-21(18,19)17-10-15(6-7-15)13-4-5-13/h1-3,8,13,17H,4-7,9-10H2,(H2,16,20). The summed E-state index contributed by atoms with van der Waals surface area (Å²) in [5, 5.41) is 0. The maximum Gasteiger partial charge on any atom is 0.215 e. The normalized spacial score (nSPS) is 20.2. The van der Waals surface area contributed by atoms with Crippen molar-refractivity contribution in [1.29, 1.82) is 0 Å². The fourth-order valence-electron chi connectivity index (χ4n) is 2.92.